The zero-order valence-electron chi connectivity index (χ0n) is 7.17. The van der Waals surface area contributed by atoms with Gasteiger partial charge in [-0.05, 0) is 6.42 Å². The first kappa shape index (κ1) is 9.52. The lowest BCUT2D eigenvalue weighted by Gasteiger charge is -2.20. The monoisotopic (exact) mass is 181 g/mol. The van der Waals surface area contributed by atoms with Gasteiger partial charge in [0.25, 0.3) is 0 Å². The first-order chi connectivity index (χ1) is 6.24. The van der Waals surface area contributed by atoms with Crippen LogP contribution < -0.4 is 10.6 Å². The lowest BCUT2D eigenvalue weighted by atomic mass is 9.98. The van der Waals surface area contributed by atoms with E-state index in [1.165, 1.54) is 0 Å². The van der Waals surface area contributed by atoms with Crippen LogP contribution in [0.1, 0.15) is 12.8 Å². The van der Waals surface area contributed by atoms with Crippen molar-refractivity contribution in [1.82, 2.24) is 10.6 Å². The number of nitrogens with zero attached hydrogens (tertiary/aromatic N) is 1. The van der Waals surface area contributed by atoms with Crippen molar-refractivity contribution in [3.8, 4) is 6.07 Å². The van der Waals surface area contributed by atoms with Crippen molar-refractivity contribution in [2.75, 3.05) is 13.1 Å². The molecule has 1 unspecified atom stereocenters. The number of carbonyl (C=O) groups is 2. The second-order valence-corrected chi connectivity index (χ2v) is 2.92. The summed E-state index contributed by atoms with van der Waals surface area (Å²) in [5.41, 5.74) is 0. The van der Waals surface area contributed by atoms with Gasteiger partial charge in [-0.15, -0.1) is 0 Å². The molecule has 0 bridgehead atoms. The quantitative estimate of drug-likeness (QED) is 0.544. The van der Waals surface area contributed by atoms with E-state index in [2.05, 4.69) is 10.6 Å². The summed E-state index contributed by atoms with van der Waals surface area (Å²) in [6.45, 7) is 0.416. The molecule has 1 saturated heterocycles. The summed E-state index contributed by atoms with van der Waals surface area (Å²) in [5, 5.41) is 13.3. The standard InChI is InChI=1S/C8H11N3O2/c9-3-4-10-8(13)6-1-2-7(12)11-5-6/h6H,1-2,4-5H2,(H,10,13)(H,11,12). The number of hydrogen-bond donors (Lipinski definition) is 2. The fourth-order valence-corrected chi connectivity index (χ4v) is 1.23. The Hall–Kier alpha value is -1.57. The fraction of sp³-hybridized carbons (Fsp3) is 0.625. The minimum absolute atomic E-state index is 0.00988. The maximum atomic E-state index is 11.3. The molecule has 2 N–H and O–H groups in total. The summed E-state index contributed by atoms with van der Waals surface area (Å²) >= 11 is 0. The number of nitrogens with one attached hydrogen (secondary N) is 2. The van der Waals surface area contributed by atoms with E-state index in [1.54, 1.807) is 0 Å². The average Bonchev–Trinajstić information content (AvgIpc) is 2.15. The number of nitriles is 1. The third-order valence-corrected chi connectivity index (χ3v) is 1.98. The number of piperidine rings is 1. The second-order valence-electron chi connectivity index (χ2n) is 2.92. The van der Waals surface area contributed by atoms with E-state index in [4.69, 9.17) is 5.26 Å². The average molecular weight is 181 g/mol. The van der Waals surface area contributed by atoms with Crippen LogP contribution in [-0.4, -0.2) is 24.9 Å². The van der Waals surface area contributed by atoms with E-state index in [0.717, 1.165) is 0 Å². The second kappa shape index (κ2) is 4.45. The Morgan fingerprint density at radius 1 is 1.77 bits per heavy atom. The van der Waals surface area contributed by atoms with E-state index in [9.17, 15) is 9.59 Å². The molecule has 1 fully saturated rings. The molecule has 0 saturated carbocycles. The van der Waals surface area contributed by atoms with Gasteiger partial charge in [0, 0.05) is 13.0 Å². The summed E-state index contributed by atoms with van der Waals surface area (Å²) < 4.78 is 0. The highest BCUT2D eigenvalue weighted by Gasteiger charge is 2.23. The molecule has 1 aliphatic rings. The predicted octanol–water partition coefficient (Wildman–Crippen LogP) is -0.848. The summed E-state index contributed by atoms with van der Waals surface area (Å²) in [6, 6.07) is 1.83. The largest absolute Gasteiger partial charge is 0.355 e. The van der Waals surface area contributed by atoms with Gasteiger partial charge >= 0.3 is 0 Å². The molecule has 2 amide bonds. The van der Waals surface area contributed by atoms with E-state index < -0.39 is 0 Å². The van der Waals surface area contributed by atoms with Crippen LogP contribution >= 0.6 is 0 Å². The van der Waals surface area contributed by atoms with Crippen LogP contribution in [-0.2, 0) is 9.59 Å². The normalized spacial score (nSPS) is 21.5. The van der Waals surface area contributed by atoms with Gasteiger partial charge in [-0.25, -0.2) is 0 Å². The van der Waals surface area contributed by atoms with Crippen LogP contribution in [0.25, 0.3) is 0 Å². The van der Waals surface area contributed by atoms with Crippen LogP contribution in [0.15, 0.2) is 0 Å². The Morgan fingerprint density at radius 3 is 3.08 bits per heavy atom. The Balaban J connectivity index is 2.32. The summed E-state index contributed by atoms with van der Waals surface area (Å²) in [6.07, 6.45) is 0.966. The van der Waals surface area contributed by atoms with E-state index >= 15 is 0 Å². The lowest BCUT2D eigenvalue weighted by Crippen LogP contribution is -2.43. The molecule has 0 radical (unpaired) electrons. The molecule has 0 aromatic heterocycles. The van der Waals surface area contributed by atoms with Gasteiger partial charge in [-0.1, -0.05) is 0 Å². The summed E-state index contributed by atoms with van der Waals surface area (Å²) in [7, 11) is 0. The van der Waals surface area contributed by atoms with Gasteiger partial charge in [-0.3, -0.25) is 9.59 Å². The number of carbonyl (C=O) groups excluding carboxylic acids is 2. The van der Waals surface area contributed by atoms with Gasteiger partial charge in [0.1, 0.15) is 6.54 Å². The zero-order chi connectivity index (χ0) is 9.68. The number of amides is 2. The van der Waals surface area contributed by atoms with E-state index in [0.29, 0.717) is 19.4 Å². The molecule has 0 aromatic carbocycles. The minimum Gasteiger partial charge on any atom is -0.355 e. The fourth-order valence-electron chi connectivity index (χ4n) is 1.23. The molecule has 5 heteroatoms. The van der Waals surface area contributed by atoms with Gasteiger partial charge < -0.3 is 10.6 Å². The van der Waals surface area contributed by atoms with E-state index in [1.807, 2.05) is 6.07 Å². The van der Waals surface area contributed by atoms with Gasteiger partial charge in [0.05, 0.1) is 12.0 Å². The highest BCUT2D eigenvalue weighted by atomic mass is 16.2. The lowest BCUT2D eigenvalue weighted by molar-refractivity contribution is -0.128. The molecule has 0 aromatic rings. The maximum absolute atomic E-state index is 11.3. The Labute approximate surface area is 76.1 Å². The molecule has 1 atom stereocenters. The molecule has 1 rings (SSSR count). The molecule has 0 aliphatic carbocycles. The Morgan fingerprint density at radius 2 is 2.54 bits per heavy atom. The molecule has 13 heavy (non-hydrogen) atoms. The van der Waals surface area contributed by atoms with Gasteiger partial charge in [0.2, 0.25) is 11.8 Å². The molecule has 70 valence electrons. The smallest absolute Gasteiger partial charge is 0.225 e. The van der Waals surface area contributed by atoms with Crippen molar-refractivity contribution in [3.63, 3.8) is 0 Å². The molecule has 1 heterocycles. The van der Waals surface area contributed by atoms with Crippen molar-refractivity contribution in [2.24, 2.45) is 5.92 Å². The van der Waals surface area contributed by atoms with Crippen molar-refractivity contribution >= 4 is 11.8 Å². The minimum atomic E-state index is -0.175. The maximum Gasteiger partial charge on any atom is 0.225 e. The molecule has 0 spiro atoms. The van der Waals surface area contributed by atoms with Gasteiger partial charge in [-0.2, -0.15) is 5.26 Å². The van der Waals surface area contributed by atoms with Crippen molar-refractivity contribution in [3.05, 3.63) is 0 Å². The molecule has 5 nitrogen and oxygen atoms in total. The first-order valence-corrected chi connectivity index (χ1v) is 4.15. The third-order valence-electron chi connectivity index (χ3n) is 1.98. The highest BCUT2D eigenvalue weighted by Crippen LogP contribution is 2.10. The molecular formula is C8H11N3O2. The Bertz CT molecular complexity index is 247. The summed E-state index contributed by atoms with van der Waals surface area (Å²) in [4.78, 5) is 22.0. The number of hydrogen-bond acceptors (Lipinski definition) is 3. The Kier molecular flexibility index (Phi) is 3.26. The van der Waals surface area contributed by atoms with Crippen LogP contribution in [0.2, 0.25) is 0 Å². The van der Waals surface area contributed by atoms with Crippen molar-refractivity contribution < 1.29 is 9.59 Å². The number of rotatable bonds is 2. The zero-order valence-corrected chi connectivity index (χ0v) is 7.17. The molecular weight excluding hydrogens is 170 g/mol. The van der Waals surface area contributed by atoms with Crippen LogP contribution in [0.4, 0.5) is 0 Å². The van der Waals surface area contributed by atoms with Crippen LogP contribution in [0, 0.1) is 17.2 Å². The van der Waals surface area contributed by atoms with Crippen LogP contribution in [0.3, 0.4) is 0 Å². The SMILES string of the molecule is N#CCNC(=O)C1CCC(=O)NC1. The van der Waals surface area contributed by atoms with E-state index in [-0.39, 0.29) is 24.3 Å². The topological polar surface area (TPSA) is 82.0 Å². The summed E-state index contributed by atoms with van der Waals surface area (Å²) in [5.74, 6) is -0.336. The first-order valence-electron chi connectivity index (χ1n) is 4.15. The third kappa shape index (κ3) is 2.75. The predicted molar refractivity (Wildman–Crippen MR) is 44.4 cm³/mol. The van der Waals surface area contributed by atoms with Gasteiger partial charge in [0.15, 0.2) is 0 Å². The van der Waals surface area contributed by atoms with Crippen molar-refractivity contribution in [2.45, 2.75) is 12.8 Å². The highest BCUT2D eigenvalue weighted by molar-refractivity contribution is 5.83. The molecule has 1 aliphatic heterocycles. The van der Waals surface area contributed by atoms with Crippen LogP contribution in [0.5, 0.6) is 0 Å². The van der Waals surface area contributed by atoms with Crippen molar-refractivity contribution in [1.29, 1.82) is 5.26 Å².